The molecule has 21 heavy (non-hydrogen) atoms. The van der Waals surface area contributed by atoms with Crippen molar-refractivity contribution >= 4 is 0 Å². The number of hydrogen-bond acceptors (Lipinski definition) is 0. The smallest absolute Gasteiger partial charge is 0.0249 e. The molecule has 2 aromatic carbocycles. The molecule has 0 atom stereocenters. The highest BCUT2D eigenvalue weighted by Gasteiger charge is 1.93. The van der Waals surface area contributed by atoms with Crippen molar-refractivity contribution < 1.29 is 0 Å². The van der Waals surface area contributed by atoms with Gasteiger partial charge in [0.2, 0.25) is 0 Å². The molecule has 2 rings (SSSR count). The molecule has 104 valence electrons. The highest BCUT2D eigenvalue weighted by atomic mass is 14.0. The van der Waals surface area contributed by atoms with Gasteiger partial charge in [0.1, 0.15) is 0 Å². The monoisotopic (exact) mass is 272 g/mol. The van der Waals surface area contributed by atoms with E-state index in [-0.39, 0.29) is 0 Å². The van der Waals surface area contributed by atoms with E-state index in [2.05, 4.69) is 49.0 Å². The highest BCUT2D eigenvalue weighted by Crippen LogP contribution is 2.09. The Balaban J connectivity index is 2.00. The molecule has 0 saturated heterocycles. The molecule has 0 amide bonds. The van der Waals surface area contributed by atoms with E-state index in [9.17, 15) is 0 Å². The Morgan fingerprint density at radius 3 is 1.81 bits per heavy atom. The zero-order chi connectivity index (χ0) is 14.9. The van der Waals surface area contributed by atoms with E-state index in [1.807, 2.05) is 24.3 Å². The molecular weight excluding hydrogens is 252 g/mol. The van der Waals surface area contributed by atoms with Crippen molar-refractivity contribution in [3.63, 3.8) is 0 Å². The molecule has 0 bridgehead atoms. The molecule has 0 aliphatic rings. The first-order chi connectivity index (χ1) is 10.3. The fourth-order valence-electron chi connectivity index (χ4n) is 2.13. The first kappa shape index (κ1) is 15.0. The maximum absolute atomic E-state index is 5.34. The third kappa shape index (κ3) is 4.87. The van der Waals surface area contributed by atoms with Gasteiger partial charge >= 0.3 is 0 Å². The van der Waals surface area contributed by atoms with Crippen LogP contribution in [-0.2, 0) is 6.42 Å². The van der Waals surface area contributed by atoms with E-state index in [4.69, 9.17) is 6.42 Å². The van der Waals surface area contributed by atoms with Crippen LogP contribution in [0.2, 0.25) is 0 Å². The summed E-state index contributed by atoms with van der Waals surface area (Å²) in [5.74, 6) is 8.96. The van der Waals surface area contributed by atoms with Crippen molar-refractivity contribution in [2.75, 3.05) is 0 Å². The minimum atomic E-state index is 0.886. The van der Waals surface area contributed by atoms with Crippen LogP contribution in [0.25, 0.3) is 0 Å². The van der Waals surface area contributed by atoms with E-state index >= 15 is 0 Å². The van der Waals surface area contributed by atoms with Gasteiger partial charge in [0, 0.05) is 16.7 Å². The SMILES string of the molecule is C#Cc1ccc(C#Cc2ccc(CCCCC)cc2)cc1. The molecule has 0 saturated carbocycles. The Bertz CT molecular complexity index is 655. The summed E-state index contributed by atoms with van der Waals surface area (Å²) in [6.45, 7) is 2.23. The Morgan fingerprint density at radius 2 is 1.29 bits per heavy atom. The molecule has 0 radical (unpaired) electrons. The Labute approximate surface area is 128 Å². The molecule has 0 fully saturated rings. The Hall–Kier alpha value is -2.44. The number of unbranched alkanes of at least 4 members (excludes halogenated alkanes) is 2. The predicted molar refractivity (Wildman–Crippen MR) is 90.0 cm³/mol. The van der Waals surface area contributed by atoms with Gasteiger partial charge in [-0.25, -0.2) is 0 Å². The van der Waals surface area contributed by atoms with Crippen LogP contribution in [0.4, 0.5) is 0 Å². The number of hydrogen-bond donors (Lipinski definition) is 0. The fraction of sp³-hybridized carbons (Fsp3) is 0.238. The summed E-state index contributed by atoms with van der Waals surface area (Å²) in [6, 6.07) is 16.3. The van der Waals surface area contributed by atoms with Crippen molar-refractivity contribution in [1.82, 2.24) is 0 Å². The molecule has 0 spiro atoms. The van der Waals surface area contributed by atoms with E-state index in [0.29, 0.717) is 0 Å². The average molecular weight is 272 g/mol. The molecule has 0 aliphatic heterocycles. The molecule has 2 aromatic rings. The van der Waals surface area contributed by atoms with Gasteiger partial charge in [-0.2, -0.15) is 0 Å². The van der Waals surface area contributed by atoms with Crippen molar-refractivity contribution in [2.24, 2.45) is 0 Å². The molecule has 0 aromatic heterocycles. The lowest BCUT2D eigenvalue weighted by molar-refractivity contribution is 0.717. The van der Waals surface area contributed by atoms with Crippen LogP contribution >= 0.6 is 0 Å². The minimum Gasteiger partial charge on any atom is -0.115 e. The maximum Gasteiger partial charge on any atom is 0.0249 e. The van der Waals surface area contributed by atoms with Crippen molar-refractivity contribution in [2.45, 2.75) is 32.6 Å². The van der Waals surface area contributed by atoms with Gasteiger partial charge < -0.3 is 0 Å². The van der Waals surface area contributed by atoms with Gasteiger partial charge in [-0.3, -0.25) is 0 Å². The lowest BCUT2D eigenvalue weighted by atomic mass is 10.1. The van der Waals surface area contributed by atoms with Crippen LogP contribution in [0.15, 0.2) is 48.5 Å². The quantitative estimate of drug-likeness (QED) is 0.554. The number of aryl methyl sites for hydroxylation is 1. The molecular formula is C21H20. The maximum atomic E-state index is 5.34. The number of terminal acetylenes is 1. The van der Waals surface area contributed by atoms with E-state index < -0.39 is 0 Å². The zero-order valence-electron chi connectivity index (χ0n) is 12.5. The van der Waals surface area contributed by atoms with Crippen LogP contribution in [-0.4, -0.2) is 0 Å². The fourth-order valence-corrected chi connectivity index (χ4v) is 2.13. The molecule has 0 unspecified atom stereocenters. The van der Waals surface area contributed by atoms with Gasteiger partial charge in [-0.15, -0.1) is 6.42 Å². The van der Waals surface area contributed by atoms with Crippen molar-refractivity contribution in [3.8, 4) is 24.2 Å². The summed E-state index contributed by atoms with van der Waals surface area (Å²) in [7, 11) is 0. The lowest BCUT2D eigenvalue weighted by Gasteiger charge is -2.00. The van der Waals surface area contributed by atoms with Crippen LogP contribution in [0.3, 0.4) is 0 Å². The summed E-state index contributed by atoms with van der Waals surface area (Å²) in [5, 5.41) is 0. The summed E-state index contributed by atoms with van der Waals surface area (Å²) >= 11 is 0. The molecule has 0 heterocycles. The van der Waals surface area contributed by atoms with Crippen molar-refractivity contribution in [1.29, 1.82) is 0 Å². The summed E-state index contributed by atoms with van der Waals surface area (Å²) < 4.78 is 0. The lowest BCUT2D eigenvalue weighted by Crippen LogP contribution is -1.85. The van der Waals surface area contributed by atoms with Crippen LogP contribution in [0, 0.1) is 24.2 Å². The normalized spacial score (nSPS) is 9.52. The Morgan fingerprint density at radius 1 is 0.762 bits per heavy atom. The number of rotatable bonds is 4. The van der Waals surface area contributed by atoms with Crippen molar-refractivity contribution in [3.05, 3.63) is 70.8 Å². The van der Waals surface area contributed by atoms with E-state index in [1.54, 1.807) is 0 Å². The molecule has 0 heteroatoms. The standard InChI is InChI=1S/C21H20/c1-3-5-6-7-19-12-14-21(15-13-19)17-16-20-10-8-18(4-2)9-11-20/h2,8-15H,3,5-7H2,1H3. The van der Waals surface area contributed by atoms with E-state index in [0.717, 1.165) is 23.1 Å². The zero-order valence-corrected chi connectivity index (χ0v) is 12.5. The van der Waals surface area contributed by atoms with Gasteiger partial charge in [0.25, 0.3) is 0 Å². The van der Waals surface area contributed by atoms with Gasteiger partial charge in [0.15, 0.2) is 0 Å². The predicted octanol–water partition coefficient (Wildman–Crippen LogP) is 4.80. The first-order valence-corrected chi connectivity index (χ1v) is 7.49. The first-order valence-electron chi connectivity index (χ1n) is 7.49. The topological polar surface area (TPSA) is 0 Å². The highest BCUT2D eigenvalue weighted by molar-refractivity contribution is 5.45. The third-order valence-corrected chi connectivity index (χ3v) is 3.43. The van der Waals surface area contributed by atoms with Crippen LogP contribution in [0.1, 0.15) is 48.4 Å². The van der Waals surface area contributed by atoms with Gasteiger partial charge in [0.05, 0.1) is 0 Å². The second-order valence-corrected chi connectivity index (χ2v) is 5.13. The third-order valence-electron chi connectivity index (χ3n) is 3.43. The van der Waals surface area contributed by atoms with Crippen LogP contribution < -0.4 is 0 Å². The van der Waals surface area contributed by atoms with Crippen LogP contribution in [0.5, 0.6) is 0 Å². The van der Waals surface area contributed by atoms with Gasteiger partial charge in [-0.05, 0) is 54.8 Å². The second-order valence-electron chi connectivity index (χ2n) is 5.13. The number of benzene rings is 2. The summed E-state index contributed by atoms with van der Waals surface area (Å²) in [5.41, 5.74) is 4.32. The summed E-state index contributed by atoms with van der Waals surface area (Å²) in [4.78, 5) is 0. The van der Waals surface area contributed by atoms with Gasteiger partial charge in [-0.1, -0.05) is 49.7 Å². The average Bonchev–Trinajstić information content (AvgIpc) is 2.55. The largest absolute Gasteiger partial charge is 0.115 e. The molecule has 0 N–H and O–H groups in total. The molecule has 0 nitrogen and oxygen atoms in total. The minimum absolute atomic E-state index is 0.886. The summed E-state index contributed by atoms with van der Waals surface area (Å²) in [6.07, 6.45) is 10.3. The molecule has 0 aliphatic carbocycles. The Kier molecular flexibility index (Phi) is 5.69. The second kappa shape index (κ2) is 7.98. The van der Waals surface area contributed by atoms with E-state index in [1.165, 1.54) is 24.8 Å².